The molecule has 0 aliphatic rings. The summed E-state index contributed by atoms with van der Waals surface area (Å²) in [5.74, 6) is 1.76. The SMILES string of the molecule is Cc1ccc(C(C)C)c(OCCn2c(C=O)nc3ccccc32)c1. The average Bonchev–Trinajstić information content (AvgIpc) is 2.93. The van der Waals surface area contributed by atoms with E-state index in [0.717, 1.165) is 23.1 Å². The van der Waals surface area contributed by atoms with Crippen molar-refractivity contribution >= 4 is 17.3 Å². The van der Waals surface area contributed by atoms with Crippen LogP contribution in [0.4, 0.5) is 0 Å². The highest BCUT2D eigenvalue weighted by molar-refractivity contribution is 5.82. The molecular weight excluding hydrogens is 300 g/mol. The zero-order valence-electron chi connectivity index (χ0n) is 14.3. The summed E-state index contributed by atoms with van der Waals surface area (Å²) in [7, 11) is 0. The van der Waals surface area contributed by atoms with Crippen molar-refractivity contribution in [1.82, 2.24) is 9.55 Å². The van der Waals surface area contributed by atoms with E-state index < -0.39 is 0 Å². The maximum absolute atomic E-state index is 11.3. The van der Waals surface area contributed by atoms with E-state index in [4.69, 9.17) is 4.74 Å². The summed E-state index contributed by atoms with van der Waals surface area (Å²) in [5.41, 5.74) is 4.16. The minimum Gasteiger partial charge on any atom is -0.491 e. The molecule has 0 aliphatic carbocycles. The molecular formula is C20H22N2O2. The molecule has 0 N–H and O–H groups in total. The number of aldehydes is 1. The van der Waals surface area contributed by atoms with E-state index in [1.54, 1.807) is 0 Å². The molecule has 124 valence electrons. The minimum absolute atomic E-state index is 0.403. The number of hydrogen-bond acceptors (Lipinski definition) is 3. The van der Waals surface area contributed by atoms with Crippen molar-refractivity contribution in [2.75, 3.05) is 6.61 Å². The standard InChI is InChI=1S/C20H22N2O2/c1-14(2)16-9-8-15(3)12-19(16)24-11-10-22-18-7-5-4-6-17(18)21-20(22)13-23/h4-9,12-14H,10-11H2,1-3H3. The molecule has 0 saturated carbocycles. The first-order valence-electron chi connectivity index (χ1n) is 8.24. The molecule has 0 aliphatic heterocycles. The van der Waals surface area contributed by atoms with Crippen molar-refractivity contribution in [2.45, 2.75) is 33.2 Å². The maximum Gasteiger partial charge on any atom is 0.185 e. The van der Waals surface area contributed by atoms with Gasteiger partial charge in [-0.1, -0.05) is 38.1 Å². The van der Waals surface area contributed by atoms with Crippen LogP contribution in [0.3, 0.4) is 0 Å². The van der Waals surface area contributed by atoms with Crippen molar-refractivity contribution in [1.29, 1.82) is 0 Å². The summed E-state index contributed by atoms with van der Waals surface area (Å²) in [5, 5.41) is 0. The van der Waals surface area contributed by atoms with E-state index in [-0.39, 0.29) is 0 Å². The number of rotatable bonds is 6. The third-order valence-corrected chi connectivity index (χ3v) is 4.15. The van der Waals surface area contributed by atoms with Crippen LogP contribution < -0.4 is 4.74 Å². The fraction of sp³-hybridized carbons (Fsp3) is 0.300. The Labute approximate surface area is 142 Å². The summed E-state index contributed by atoms with van der Waals surface area (Å²) < 4.78 is 7.95. The summed E-state index contributed by atoms with van der Waals surface area (Å²) >= 11 is 0. The predicted octanol–water partition coefficient (Wildman–Crippen LogP) is 4.36. The molecule has 0 fully saturated rings. The summed E-state index contributed by atoms with van der Waals surface area (Å²) in [4.78, 5) is 15.7. The molecule has 24 heavy (non-hydrogen) atoms. The molecule has 4 heteroatoms. The topological polar surface area (TPSA) is 44.1 Å². The molecule has 0 atom stereocenters. The Bertz CT molecular complexity index is 865. The monoisotopic (exact) mass is 322 g/mol. The lowest BCUT2D eigenvalue weighted by molar-refractivity contribution is 0.111. The Kier molecular flexibility index (Phi) is 4.65. The fourth-order valence-electron chi connectivity index (χ4n) is 2.91. The number of hydrogen-bond donors (Lipinski definition) is 0. The third kappa shape index (κ3) is 3.18. The lowest BCUT2D eigenvalue weighted by Crippen LogP contribution is -2.12. The Balaban J connectivity index is 1.80. The van der Waals surface area contributed by atoms with Gasteiger partial charge in [-0.05, 0) is 42.2 Å². The van der Waals surface area contributed by atoms with Crippen LogP contribution >= 0.6 is 0 Å². The van der Waals surface area contributed by atoms with Gasteiger partial charge in [-0.15, -0.1) is 0 Å². The third-order valence-electron chi connectivity index (χ3n) is 4.15. The molecule has 1 heterocycles. The van der Waals surface area contributed by atoms with E-state index in [0.29, 0.717) is 24.9 Å². The van der Waals surface area contributed by atoms with Crippen molar-refractivity contribution < 1.29 is 9.53 Å². The fourth-order valence-corrected chi connectivity index (χ4v) is 2.91. The van der Waals surface area contributed by atoms with E-state index in [2.05, 4.69) is 44.0 Å². The molecule has 0 spiro atoms. The van der Waals surface area contributed by atoms with Gasteiger partial charge >= 0.3 is 0 Å². The second-order valence-electron chi connectivity index (χ2n) is 6.27. The lowest BCUT2D eigenvalue weighted by atomic mass is 10.0. The molecule has 0 bridgehead atoms. The number of fused-ring (bicyclic) bond motifs is 1. The van der Waals surface area contributed by atoms with Gasteiger partial charge in [0, 0.05) is 0 Å². The number of benzene rings is 2. The number of ether oxygens (including phenoxy) is 1. The van der Waals surface area contributed by atoms with Crippen LogP contribution in [-0.2, 0) is 6.54 Å². The quantitative estimate of drug-likeness (QED) is 0.633. The molecule has 0 radical (unpaired) electrons. The van der Waals surface area contributed by atoms with Gasteiger partial charge in [0.1, 0.15) is 12.4 Å². The Morgan fingerprint density at radius 3 is 2.75 bits per heavy atom. The number of para-hydroxylation sites is 2. The Hall–Kier alpha value is -2.62. The normalized spacial score (nSPS) is 11.2. The predicted molar refractivity (Wildman–Crippen MR) is 95.9 cm³/mol. The average molecular weight is 322 g/mol. The van der Waals surface area contributed by atoms with Gasteiger partial charge in [0.25, 0.3) is 0 Å². The second kappa shape index (κ2) is 6.87. The van der Waals surface area contributed by atoms with Gasteiger partial charge < -0.3 is 9.30 Å². The first-order valence-corrected chi connectivity index (χ1v) is 8.24. The van der Waals surface area contributed by atoms with E-state index in [1.165, 1.54) is 11.1 Å². The molecule has 3 aromatic rings. The lowest BCUT2D eigenvalue weighted by Gasteiger charge is -2.15. The molecule has 0 saturated heterocycles. The molecule has 3 rings (SSSR count). The number of carbonyl (C=O) groups is 1. The van der Waals surface area contributed by atoms with Crippen molar-refractivity contribution in [3.8, 4) is 5.75 Å². The number of carbonyl (C=O) groups excluding carboxylic acids is 1. The van der Waals surface area contributed by atoms with Gasteiger partial charge in [-0.3, -0.25) is 4.79 Å². The number of nitrogens with zero attached hydrogens (tertiary/aromatic N) is 2. The first-order chi connectivity index (χ1) is 11.6. The summed E-state index contributed by atoms with van der Waals surface area (Å²) in [6.45, 7) is 7.45. The van der Waals surface area contributed by atoms with Crippen molar-refractivity contribution in [3.05, 3.63) is 59.4 Å². The number of imidazole rings is 1. The smallest absolute Gasteiger partial charge is 0.185 e. The summed E-state index contributed by atoms with van der Waals surface area (Å²) in [6, 6.07) is 14.1. The van der Waals surface area contributed by atoms with Crippen LogP contribution in [0.2, 0.25) is 0 Å². The Morgan fingerprint density at radius 1 is 1.21 bits per heavy atom. The molecule has 0 amide bonds. The van der Waals surface area contributed by atoms with Gasteiger partial charge in [-0.2, -0.15) is 0 Å². The van der Waals surface area contributed by atoms with Crippen LogP contribution in [0.1, 0.15) is 41.5 Å². The zero-order valence-corrected chi connectivity index (χ0v) is 14.3. The van der Waals surface area contributed by atoms with Gasteiger partial charge in [-0.25, -0.2) is 4.98 Å². The zero-order chi connectivity index (χ0) is 17.1. The molecule has 0 unspecified atom stereocenters. The number of aryl methyl sites for hydroxylation is 1. The highest BCUT2D eigenvalue weighted by Crippen LogP contribution is 2.27. The maximum atomic E-state index is 11.3. The van der Waals surface area contributed by atoms with E-state index in [1.807, 2.05) is 28.8 Å². The van der Waals surface area contributed by atoms with Crippen LogP contribution in [0.15, 0.2) is 42.5 Å². The first kappa shape index (κ1) is 16.2. The van der Waals surface area contributed by atoms with Crippen LogP contribution in [-0.4, -0.2) is 22.4 Å². The Morgan fingerprint density at radius 2 is 2.00 bits per heavy atom. The van der Waals surface area contributed by atoms with Gasteiger partial charge in [0.15, 0.2) is 12.1 Å². The summed E-state index contributed by atoms with van der Waals surface area (Å²) in [6.07, 6.45) is 0.798. The molecule has 1 aromatic heterocycles. The second-order valence-corrected chi connectivity index (χ2v) is 6.27. The highest BCUT2D eigenvalue weighted by Gasteiger charge is 2.11. The van der Waals surface area contributed by atoms with E-state index >= 15 is 0 Å². The van der Waals surface area contributed by atoms with Gasteiger partial charge in [0.05, 0.1) is 17.6 Å². The number of aromatic nitrogens is 2. The van der Waals surface area contributed by atoms with Crippen LogP contribution in [0, 0.1) is 6.92 Å². The molecule has 4 nitrogen and oxygen atoms in total. The van der Waals surface area contributed by atoms with Crippen molar-refractivity contribution in [2.24, 2.45) is 0 Å². The van der Waals surface area contributed by atoms with Gasteiger partial charge in [0.2, 0.25) is 0 Å². The van der Waals surface area contributed by atoms with Crippen molar-refractivity contribution in [3.63, 3.8) is 0 Å². The largest absolute Gasteiger partial charge is 0.491 e. The van der Waals surface area contributed by atoms with E-state index in [9.17, 15) is 4.79 Å². The van der Waals surface area contributed by atoms with Crippen LogP contribution in [0.5, 0.6) is 5.75 Å². The highest BCUT2D eigenvalue weighted by atomic mass is 16.5. The van der Waals surface area contributed by atoms with Crippen LogP contribution in [0.25, 0.3) is 11.0 Å². The minimum atomic E-state index is 0.403. The molecule has 2 aromatic carbocycles.